The molecule has 4 rings (SSSR count). The van der Waals surface area contributed by atoms with Gasteiger partial charge in [0.05, 0.1) is 16.6 Å². The van der Waals surface area contributed by atoms with Crippen LogP contribution < -0.4 is 11.1 Å². The second-order valence-electron chi connectivity index (χ2n) is 9.23. The molecule has 1 amide bonds. The fourth-order valence-corrected chi connectivity index (χ4v) is 4.17. The standard InChI is InChI=1S/C26H28F3N5O/c1-15(2)8-6-9-16(3)31-25(35)21-22-24(33-20-13-5-4-12-19(20)32-22)34(23(21)30)18-11-7-10-17(14-18)26(27,28)29/h4-5,7,10-16H,6,8-9,30H2,1-3H3,(H,31,35)/t16-/m0/s1. The number of fused-ring (bicyclic) bond motifs is 2. The summed E-state index contributed by atoms with van der Waals surface area (Å²) < 4.78 is 41.6. The lowest BCUT2D eigenvalue weighted by atomic mass is 10.0. The molecule has 6 nitrogen and oxygen atoms in total. The number of hydrogen-bond donors (Lipinski definition) is 2. The zero-order valence-corrected chi connectivity index (χ0v) is 19.9. The van der Waals surface area contributed by atoms with Crippen LogP contribution in [0.15, 0.2) is 48.5 Å². The number of nitrogens with two attached hydrogens (primary N) is 1. The Kier molecular flexibility index (Phi) is 6.69. The van der Waals surface area contributed by atoms with Crippen LogP contribution in [0.25, 0.3) is 27.9 Å². The summed E-state index contributed by atoms with van der Waals surface area (Å²) in [4.78, 5) is 22.6. The summed E-state index contributed by atoms with van der Waals surface area (Å²) in [6.45, 7) is 6.21. The molecule has 35 heavy (non-hydrogen) atoms. The third kappa shape index (κ3) is 5.08. The van der Waals surface area contributed by atoms with Crippen molar-refractivity contribution in [3.8, 4) is 5.69 Å². The molecule has 0 bridgehead atoms. The monoisotopic (exact) mass is 483 g/mol. The van der Waals surface area contributed by atoms with E-state index in [1.165, 1.54) is 16.7 Å². The smallest absolute Gasteiger partial charge is 0.384 e. The Morgan fingerprint density at radius 2 is 1.71 bits per heavy atom. The van der Waals surface area contributed by atoms with Gasteiger partial charge in [-0.25, -0.2) is 9.97 Å². The first-order valence-corrected chi connectivity index (χ1v) is 11.6. The number of benzene rings is 2. The van der Waals surface area contributed by atoms with Crippen molar-refractivity contribution in [2.45, 2.75) is 52.3 Å². The second kappa shape index (κ2) is 9.56. The van der Waals surface area contributed by atoms with Crippen molar-refractivity contribution in [3.63, 3.8) is 0 Å². The van der Waals surface area contributed by atoms with Crippen LogP contribution in [-0.4, -0.2) is 26.5 Å². The lowest BCUT2D eigenvalue weighted by Gasteiger charge is -2.15. The molecule has 0 saturated heterocycles. The highest BCUT2D eigenvalue weighted by molar-refractivity contribution is 6.11. The summed E-state index contributed by atoms with van der Waals surface area (Å²) in [5.74, 6) is 0.129. The van der Waals surface area contributed by atoms with Crippen molar-refractivity contribution < 1.29 is 18.0 Å². The Labute approximate surface area is 201 Å². The molecule has 0 radical (unpaired) electrons. The summed E-state index contributed by atoms with van der Waals surface area (Å²) in [5, 5.41) is 2.97. The summed E-state index contributed by atoms with van der Waals surface area (Å²) in [6.07, 6.45) is -1.72. The largest absolute Gasteiger partial charge is 0.416 e. The Morgan fingerprint density at radius 1 is 1.03 bits per heavy atom. The third-order valence-electron chi connectivity index (χ3n) is 5.95. The molecule has 4 aromatic rings. The highest BCUT2D eigenvalue weighted by Gasteiger charge is 2.31. The van der Waals surface area contributed by atoms with Crippen LogP contribution in [-0.2, 0) is 6.18 Å². The van der Waals surface area contributed by atoms with E-state index in [4.69, 9.17) is 5.73 Å². The highest BCUT2D eigenvalue weighted by atomic mass is 19.4. The van der Waals surface area contributed by atoms with Gasteiger partial charge in [0.1, 0.15) is 16.9 Å². The van der Waals surface area contributed by atoms with E-state index in [2.05, 4.69) is 29.1 Å². The van der Waals surface area contributed by atoms with Gasteiger partial charge in [-0.15, -0.1) is 0 Å². The quantitative estimate of drug-likeness (QED) is 0.332. The number of alkyl halides is 3. The molecule has 2 aromatic heterocycles. The van der Waals surface area contributed by atoms with Crippen molar-refractivity contribution in [2.75, 3.05) is 5.73 Å². The van der Waals surface area contributed by atoms with Gasteiger partial charge in [-0.1, -0.05) is 44.9 Å². The molecule has 2 aromatic carbocycles. The lowest BCUT2D eigenvalue weighted by Crippen LogP contribution is -2.33. The van der Waals surface area contributed by atoms with E-state index in [0.29, 0.717) is 17.0 Å². The van der Waals surface area contributed by atoms with Gasteiger partial charge in [0, 0.05) is 11.7 Å². The maximum Gasteiger partial charge on any atom is 0.416 e. The topological polar surface area (TPSA) is 85.8 Å². The number of para-hydroxylation sites is 2. The number of hydrogen-bond acceptors (Lipinski definition) is 4. The lowest BCUT2D eigenvalue weighted by molar-refractivity contribution is -0.137. The summed E-state index contributed by atoms with van der Waals surface area (Å²) >= 11 is 0. The first kappa shape index (κ1) is 24.5. The zero-order chi connectivity index (χ0) is 25.3. The van der Waals surface area contributed by atoms with E-state index < -0.39 is 17.6 Å². The van der Waals surface area contributed by atoms with Crippen molar-refractivity contribution in [1.29, 1.82) is 0 Å². The molecule has 9 heteroatoms. The van der Waals surface area contributed by atoms with E-state index in [-0.39, 0.29) is 34.3 Å². The maximum atomic E-state index is 13.4. The second-order valence-corrected chi connectivity index (χ2v) is 9.23. The summed E-state index contributed by atoms with van der Waals surface area (Å²) in [5.41, 5.74) is 7.41. The van der Waals surface area contributed by atoms with Crippen LogP contribution in [0.3, 0.4) is 0 Å². The fourth-order valence-electron chi connectivity index (χ4n) is 4.17. The number of anilines is 1. The highest BCUT2D eigenvalue weighted by Crippen LogP contribution is 2.34. The minimum absolute atomic E-state index is 0.0125. The number of aromatic nitrogens is 3. The SMILES string of the molecule is CC(C)CCC[C@H](C)NC(=O)c1c(N)n(-c2cccc(C(F)(F)F)c2)c2nc3ccccc3nc12. The van der Waals surface area contributed by atoms with Crippen molar-refractivity contribution in [3.05, 3.63) is 59.7 Å². The van der Waals surface area contributed by atoms with Gasteiger partial charge in [-0.2, -0.15) is 13.2 Å². The van der Waals surface area contributed by atoms with Crippen LogP contribution in [0.2, 0.25) is 0 Å². The molecule has 0 fully saturated rings. The van der Waals surface area contributed by atoms with Gasteiger partial charge < -0.3 is 11.1 Å². The van der Waals surface area contributed by atoms with Gasteiger partial charge in [0.25, 0.3) is 5.91 Å². The molecular formula is C26H28F3N5O. The van der Waals surface area contributed by atoms with Crippen LogP contribution in [0, 0.1) is 5.92 Å². The molecule has 0 unspecified atom stereocenters. The zero-order valence-electron chi connectivity index (χ0n) is 19.9. The van der Waals surface area contributed by atoms with Gasteiger partial charge in [0.2, 0.25) is 0 Å². The molecule has 0 saturated carbocycles. The van der Waals surface area contributed by atoms with Crippen LogP contribution in [0.4, 0.5) is 19.0 Å². The summed E-state index contributed by atoms with van der Waals surface area (Å²) in [6, 6.07) is 11.8. The van der Waals surface area contributed by atoms with E-state index >= 15 is 0 Å². The number of nitrogen functional groups attached to an aromatic ring is 1. The maximum absolute atomic E-state index is 13.4. The van der Waals surface area contributed by atoms with Gasteiger partial charge in [-0.3, -0.25) is 9.36 Å². The predicted molar refractivity (Wildman–Crippen MR) is 131 cm³/mol. The Balaban J connectivity index is 1.83. The van der Waals surface area contributed by atoms with Gasteiger partial charge in [0.15, 0.2) is 5.65 Å². The molecule has 1 atom stereocenters. The molecule has 0 aliphatic carbocycles. The molecule has 0 spiro atoms. The van der Waals surface area contributed by atoms with Crippen molar-refractivity contribution >= 4 is 33.9 Å². The van der Waals surface area contributed by atoms with Crippen molar-refractivity contribution in [1.82, 2.24) is 19.9 Å². The number of halogens is 3. The first-order chi connectivity index (χ1) is 16.6. The third-order valence-corrected chi connectivity index (χ3v) is 5.95. The number of rotatable bonds is 7. The van der Waals surface area contributed by atoms with E-state index in [0.717, 1.165) is 31.4 Å². The fraction of sp³-hybridized carbons (Fsp3) is 0.346. The van der Waals surface area contributed by atoms with Gasteiger partial charge in [-0.05, 0) is 49.6 Å². The molecular weight excluding hydrogens is 455 g/mol. The average Bonchev–Trinajstić information content (AvgIpc) is 3.07. The minimum atomic E-state index is -4.53. The van der Waals surface area contributed by atoms with Crippen molar-refractivity contribution in [2.24, 2.45) is 5.92 Å². The van der Waals surface area contributed by atoms with Crippen LogP contribution in [0.5, 0.6) is 0 Å². The number of carbonyl (C=O) groups excluding carboxylic acids is 1. The number of carbonyl (C=O) groups is 1. The first-order valence-electron chi connectivity index (χ1n) is 11.6. The molecule has 0 aliphatic rings. The van der Waals surface area contributed by atoms with E-state index in [1.807, 2.05) is 6.92 Å². The number of nitrogens with one attached hydrogen (secondary N) is 1. The predicted octanol–water partition coefficient (Wildman–Crippen LogP) is 6.12. The number of amides is 1. The molecule has 184 valence electrons. The molecule has 0 aliphatic heterocycles. The van der Waals surface area contributed by atoms with E-state index in [1.54, 1.807) is 24.3 Å². The Morgan fingerprint density at radius 3 is 2.37 bits per heavy atom. The van der Waals surface area contributed by atoms with Crippen LogP contribution >= 0.6 is 0 Å². The van der Waals surface area contributed by atoms with Gasteiger partial charge >= 0.3 is 6.18 Å². The number of nitrogens with zero attached hydrogens (tertiary/aromatic N) is 3. The average molecular weight is 484 g/mol. The molecule has 2 heterocycles. The summed E-state index contributed by atoms with van der Waals surface area (Å²) in [7, 11) is 0. The minimum Gasteiger partial charge on any atom is -0.384 e. The molecule has 3 N–H and O–H groups in total. The van der Waals surface area contributed by atoms with E-state index in [9.17, 15) is 18.0 Å². The Bertz CT molecular complexity index is 1380. The normalized spacial score (nSPS) is 13.0. The Hall–Kier alpha value is -3.62. The van der Waals surface area contributed by atoms with Crippen LogP contribution in [0.1, 0.15) is 56.0 Å².